The van der Waals surface area contributed by atoms with Gasteiger partial charge < -0.3 is 4.74 Å². The lowest BCUT2D eigenvalue weighted by atomic mass is 10.0. The summed E-state index contributed by atoms with van der Waals surface area (Å²) in [6.45, 7) is 3.85. The number of carbonyl (C=O) groups is 3. The second-order valence-corrected chi connectivity index (χ2v) is 8.03. The molecule has 0 bridgehead atoms. The fourth-order valence-electron chi connectivity index (χ4n) is 3.54. The van der Waals surface area contributed by atoms with Crippen LogP contribution in [0.1, 0.15) is 22.3 Å². The number of benzene rings is 3. The van der Waals surface area contributed by atoms with E-state index in [4.69, 9.17) is 4.74 Å². The largest absolute Gasteiger partial charge is 0.489 e. The molecule has 0 aliphatic carbocycles. The average Bonchev–Trinajstić information content (AvgIpc) is 2.83. The monoisotopic (exact) mass is 471 g/mol. The maximum Gasteiger partial charge on any atom is 0.335 e. The Morgan fingerprint density at radius 3 is 2.31 bits per heavy atom. The van der Waals surface area contributed by atoms with Gasteiger partial charge in [0.25, 0.3) is 17.5 Å². The summed E-state index contributed by atoms with van der Waals surface area (Å²) in [7, 11) is 0. The van der Waals surface area contributed by atoms with E-state index in [9.17, 15) is 24.5 Å². The Labute approximate surface area is 200 Å². The van der Waals surface area contributed by atoms with Gasteiger partial charge in [0.15, 0.2) is 0 Å². The van der Waals surface area contributed by atoms with E-state index >= 15 is 0 Å². The lowest BCUT2D eigenvalue weighted by Crippen LogP contribution is -2.54. The molecule has 0 atom stereocenters. The lowest BCUT2D eigenvalue weighted by Gasteiger charge is -2.27. The first-order chi connectivity index (χ1) is 16.7. The number of ether oxygens (including phenoxy) is 1. The lowest BCUT2D eigenvalue weighted by molar-refractivity contribution is -0.384. The molecule has 0 aromatic heterocycles. The quantitative estimate of drug-likeness (QED) is 0.245. The van der Waals surface area contributed by atoms with Crippen molar-refractivity contribution in [3.63, 3.8) is 0 Å². The van der Waals surface area contributed by atoms with Crippen molar-refractivity contribution in [2.24, 2.45) is 0 Å². The first-order valence-electron chi connectivity index (χ1n) is 10.7. The van der Waals surface area contributed by atoms with Crippen molar-refractivity contribution in [3.05, 3.63) is 105 Å². The maximum absolute atomic E-state index is 13.1. The predicted octanol–water partition coefficient (Wildman–Crippen LogP) is 4.46. The number of nitro groups is 1. The second kappa shape index (κ2) is 9.60. The summed E-state index contributed by atoms with van der Waals surface area (Å²) in [5.41, 5.74) is 3.19. The zero-order chi connectivity index (χ0) is 25.1. The van der Waals surface area contributed by atoms with E-state index in [1.807, 2.05) is 13.0 Å². The van der Waals surface area contributed by atoms with Crippen LogP contribution in [0.25, 0.3) is 6.08 Å². The first kappa shape index (κ1) is 23.4. The molecule has 1 saturated heterocycles. The summed E-state index contributed by atoms with van der Waals surface area (Å²) in [6, 6.07) is 17.4. The van der Waals surface area contributed by atoms with Crippen LogP contribution in [0.15, 0.2) is 72.3 Å². The highest BCUT2D eigenvalue weighted by molar-refractivity contribution is 6.39. The number of nitrogens with one attached hydrogen (secondary N) is 1. The van der Waals surface area contributed by atoms with Gasteiger partial charge in [0.2, 0.25) is 0 Å². The van der Waals surface area contributed by atoms with Gasteiger partial charge in [0, 0.05) is 12.1 Å². The van der Waals surface area contributed by atoms with Gasteiger partial charge in [-0.25, -0.2) is 9.69 Å². The molecule has 1 aliphatic heterocycles. The molecule has 176 valence electrons. The zero-order valence-electron chi connectivity index (χ0n) is 19.0. The molecule has 9 heteroatoms. The van der Waals surface area contributed by atoms with Gasteiger partial charge in [-0.3, -0.25) is 25.0 Å². The molecule has 1 N–H and O–H groups in total. The number of barbiturate groups is 1. The van der Waals surface area contributed by atoms with Crippen molar-refractivity contribution in [1.82, 2.24) is 5.32 Å². The number of carbonyl (C=O) groups excluding carboxylic acids is 3. The van der Waals surface area contributed by atoms with Crippen molar-refractivity contribution in [3.8, 4) is 5.75 Å². The molecule has 0 radical (unpaired) electrons. The summed E-state index contributed by atoms with van der Waals surface area (Å²) in [5, 5.41) is 13.0. The fraction of sp³-hybridized carbons (Fsp3) is 0.115. The molecule has 35 heavy (non-hydrogen) atoms. The Bertz CT molecular complexity index is 1360. The predicted molar refractivity (Wildman–Crippen MR) is 129 cm³/mol. The number of imide groups is 2. The normalized spacial score (nSPS) is 14.7. The van der Waals surface area contributed by atoms with Gasteiger partial charge in [0.1, 0.15) is 17.9 Å². The maximum atomic E-state index is 13.1. The Morgan fingerprint density at radius 2 is 1.66 bits per heavy atom. The number of nitrogens with zero attached hydrogens (tertiary/aromatic N) is 2. The van der Waals surface area contributed by atoms with E-state index in [1.165, 1.54) is 18.2 Å². The minimum absolute atomic E-state index is 0.00487. The van der Waals surface area contributed by atoms with E-state index in [2.05, 4.69) is 5.32 Å². The fourth-order valence-corrected chi connectivity index (χ4v) is 3.54. The van der Waals surface area contributed by atoms with Crippen LogP contribution in [0.4, 0.5) is 16.2 Å². The minimum Gasteiger partial charge on any atom is -0.489 e. The van der Waals surface area contributed by atoms with Gasteiger partial charge in [-0.15, -0.1) is 0 Å². The summed E-state index contributed by atoms with van der Waals surface area (Å²) in [5.74, 6) is -0.928. The van der Waals surface area contributed by atoms with Crippen LogP contribution in [0, 0.1) is 24.0 Å². The summed E-state index contributed by atoms with van der Waals surface area (Å²) < 4.78 is 5.70. The van der Waals surface area contributed by atoms with E-state index in [1.54, 1.807) is 55.5 Å². The molecule has 9 nitrogen and oxygen atoms in total. The van der Waals surface area contributed by atoms with Gasteiger partial charge in [-0.2, -0.15) is 0 Å². The van der Waals surface area contributed by atoms with Crippen LogP contribution in [-0.4, -0.2) is 22.8 Å². The third-order valence-electron chi connectivity index (χ3n) is 5.45. The second-order valence-electron chi connectivity index (χ2n) is 8.03. The van der Waals surface area contributed by atoms with Gasteiger partial charge in [-0.05, 0) is 72.5 Å². The van der Waals surface area contributed by atoms with Crippen LogP contribution in [-0.2, 0) is 16.2 Å². The smallest absolute Gasteiger partial charge is 0.335 e. The summed E-state index contributed by atoms with van der Waals surface area (Å²) >= 11 is 0. The van der Waals surface area contributed by atoms with Crippen molar-refractivity contribution >= 4 is 35.3 Å². The Hall–Kier alpha value is -4.79. The minimum atomic E-state index is -0.791. The SMILES string of the molecule is Cc1ccc(C)c(N2C(=O)NC(=O)C(=Cc3ccc(OCc4ccc([N+](=O)[O-])cc4)cc3)C2=O)c1. The van der Waals surface area contributed by atoms with Gasteiger partial charge in [0.05, 0.1) is 10.6 Å². The van der Waals surface area contributed by atoms with Crippen LogP contribution in [0.2, 0.25) is 0 Å². The highest BCUT2D eigenvalue weighted by atomic mass is 16.6. The molecule has 4 amide bonds. The third-order valence-corrected chi connectivity index (χ3v) is 5.45. The molecular formula is C26H21N3O6. The number of nitro benzene ring substituents is 1. The average molecular weight is 471 g/mol. The third kappa shape index (κ3) is 5.09. The van der Waals surface area contributed by atoms with E-state index < -0.39 is 22.8 Å². The van der Waals surface area contributed by atoms with Crippen molar-refractivity contribution in [2.75, 3.05) is 4.90 Å². The number of amides is 4. The molecule has 1 heterocycles. The molecule has 1 aliphatic rings. The van der Waals surface area contributed by atoms with Gasteiger partial charge in [-0.1, -0.05) is 24.3 Å². The molecule has 0 spiro atoms. The highest BCUT2D eigenvalue weighted by Crippen LogP contribution is 2.26. The summed E-state index contributed by atoms with van der Waals surface area (Å²) in [4.78, 5) is 49.3. The number of aryl methyl sites for hydroxylation is 2. The summed E-state index contributed by atoms with van der Waals surface area (Å²) in [6.07, 6.45) is 1.42. The Kier molecular flexibility index (Phi) is 6.41. The van der Waals surface area contributed by atoms with Crippen LogP contribution in [0.5, 0.6) is 5.75 Å². The number of anilines is 1. The Balaban J connectivity index is 1.50. The van der Waals surface area contributed by atoms with E-state index in [0.717, 1.165) is 21.6 Å². The molecule has 0 saturated carbocycles. The van der Waals surface area contributed by atoms with Crippen molar-refractivity contribution in [2.45, 2.75) is 20.5 Å². The number of hydrogen-bond donors (Lipinski definition) is 1. The number of non-ortho nitro benzene ring substituents is 1. The van der Waals surface area contributed by atoms with Crippen molar-refractivity contribution < 1.29 is 24.0 Å². The topological polar surface area (TPSA) is 119 Å². The zero-order valence-corrected chi connectivity index (χ0v) is 19.0. The number of hydrogen-bond acceptors (Lipinski definition) is 6. The molecule has 4 rings (SSSR count). The van der Waals surface area contributed by atoms with Crippen molar-refractivity contribution in [1.29, 1.82) is 0 Å². The Morgan fingerprint density at radius 1 is 0.971 bits per heavy atom. The molecule has 1 fully saturated rings. The number of rotatable bonds is 6. The number of urea groups is 1. The highest BCUT2D eigenvalue weighted by Gasteiger charge is 2.37. The molecule has 3 aromatic rings. The van der Waals surface area contributed by atoms with Crippen LogP contribution >= 0.6 is 0 Å². The molecular weight excluding hydrogens is 450 g/mol. The van der Waals surface area contributed by atoms with E-state index in [-0.39, 0.29) is 17.9 Å². The van der Waals surface area contributed by atoms with E-state index in [0.29, 0.717) is 17.0 Å². The van der Waals surface area contributed by atoms with Gasteiger partial charge >= 0.3 is 6.03 Å². The van der Waals surface area contributed by atoms with Crippen LogP contribution in [0.3, 0.4) is 0 Å². The molecule has 3 aromatic carbocycles. The standard InChI is InChI=1S/C26H21N3O6/c1-16-3-4-17(2)23(13-16)28-25(31)22(24(30)27-26(28)32)14-18-7-11-21(12-8-18)35-15-19-5-9-20(10-6-19)29(33)34/h3-14H,15H2,1-2H3,(H,27,30,32). The van der Waals surface area contributed by atoms with Crippen LogP contribution < -0.4 is 15.0 Å². The first-order valence-corrected chi connectivity index (χ1v) is 10.7. The molecule has 0 unspecified atom stereocenters.